The van der Waals surface area contributed by atoms with Gasteiger partial charge in [0.25, 0.3) is 0 Å². The molecule has 3 rings (SSSR count). The lowest BCUT2D eigenvalue weighted by atomic mass is 10.1. The molecule has 1 aromatic heterocycles. The van der Waals surface area contributed by atoms with Crippen molar-refractivity contribution in [3.8, 4) is 5.75 Å². The Labute approximate surface area is 119 Å². The lowest BCUT2D eigenvalue weighted by Crippen LogP contribution is -2.35. The Balaban J connectivity index is 1.88. The molecule has 2 aromatic rings. The van der Waals surface area contributed by atoms with Crippen molar-refractivity contribution in [3.05, 3.63) is 36.0 Å². The largest absolute Gasteiger partial charge is 0.494 e. The summed E-state index contributed by atoms with van der Waals surface area (Å²) in [5.41, 5.74) is 7.86. The van der Waals surface area contributed by atoms with Crippen LogP contribution in [0.5, 0.6) is 5.75 Å². The van der Waals surface area contributed by atoms with E-state index in [1.165, 1.54) is 12.8 Å². The van der Waals surface area contributed by atoms with E-state index in [4.69, 9.17) is 15.5 Å². The molecule has 0 spiro atoms. The third kappa shape index (κ3) is 2.49. The number of nitrogens with zero attached hydrogens (tertiary/aromatic N) is 2. The molecule has 1 aliphatic rings. The Morgan fingerprint density at radius 3 is 3.05 bits per heavy atom. The average Bonchev–Trinajstić information content (AvgIpc) is 2.93. The highest BCUT2D eigenvalue weighted by molar-refractivity contribution is 5.84. The Morgan fingerprint density at radius 2 is 2.25 bits per heavy atom. The third-order valence-electron chi connectivity index (χ3n) is 4.10. The lowest BCUT2D eigenvalue weighted by Gasteiger charge is -2.22. The van der Waals surface area contributed by atoms with E-state index in [1.807, 2.05) is 12.1 Å². The predicted molar refractivity (Wildman–Crippen MR) is 80.8 cm³/mol. The molecule has 2 N–H and O–H groups in total. The fraction of sp³-hybridized carbons (Fsp3) is 0.438. The van der Waals surface area contributed by atoms with Gasteiger partial charge in [0.2, 0.25) is 0 Å². The summed E-state index contributed by atoms with van der Waals surface area (Å²) in [6.45, 7) is 2.72. The number of pyridine rings is 1. The van der Waals surface area contributed by atoms with Crippen LogP contribution in [0.4, 0.5) is 0 Å². The molecular weight excluding hydrogens is 250 g/mol. The van der Waals surface area contributed by atoms with Crippen molar-refractivity contribution in [2.45, 2.75) is 25.4 Å². The second kappa shape index (κ2) is 5.77. The van der Waals surface area contributed by atoms with Crippen LogP contribution in [0.1, 0.15) is 18.5 Å². The molecule has 0 aliphatic carbocycles. The van der Waals surface area contributed by atoms with Crippen molar-refractivity contribution in [1.82, 2.24) is 9.88 Å². The maximum Gasteiger partial charge on any atom is 0.145 e. The van der Waals surface area contributed by atoms with E-state index < -0.39 is 0 Å². The van der Waals surface area contributed by atoms with E-state index in [0.717, 1.165) is 42.0 Å². The first-order valence-electron chi connectivity index (χ1n) is 7.18. The van der Waals surface area contributed by atoms with Crippen LogP contribution in [0.25, 0.3) is 10.9 Å². The van der Waals surface area contributed by atoms with Crippen LogP contribution in [0.15, 0.2) is 30.3 Å². The summed E-state index contributed by atoms with van der Waals surface area (Å²) in [7, 11) is 1.69. The number of likely N-dealkylation sites (tertiary alicyclic amines) is 1. The molecule has 1 saturated heterocycles. The fourth-order valence-corrected chi connectivity index (χ4v) is 2.99. The normalized spacial score (nSPS) is 19.6. The highest BCUT2D eigenvalue weighted by atomic mass is 16.5. The number of ether oxygens (including phenoxy) is 1. The van der Waals surface area contributed by atoms with Gasteiger partial charge in [-0.1, -0.05) is 18.2 Å². The number of benzene rings is 1. The van der Waals surface area contributed by atoms with E-state index in [0.29, 0.717) is 6.04 Å². The van der Waals surface area contributed by atoms with E-state index in [9.17, 15) is 0 Å². The van der Waals surface area contributed by atoms with Gasteiger partial charge in [-0.2, -0.15) is 0 Å². The fourth-order valence-electron chi connectivity index (χ4n) is 2.99. The molecule has 4 nitrogen and oxygen atoms in total. The number of fused-ring (bicyclic) bond motifs is 1. The third-order valence-corrected chi connectivity index (χ3v) is 4.10. The highest BCUT2D eigenvalue weighted by Crippen LogP contribution is 2.25. The summed E-state index contributed by atoms with van der Waals surface area (Å²) in [6, 6.07) is 10.7. The molecule has 1 aliphatic heterocycles. The molecule has 4 heteroatoms. The molecule has 1 fully saturated rings. The minimum absolute atomic E-state index is 0.505. The van der Waals surface area contributed by atoms with Crippen molar-refractivity contribution in [2.75, 3.05) is 20.2 Å². The summed E-state index contributed by atoms with van der Waals surface area (Å²) in [4.78, 5) is 7.20. The number of methoxy groups -OCH3 is 1. The van der Waals surface area contributed by atoms with E-state index in [-0.39, 0.29) is 0 Å². The number of para-hydroxylation sites is 1. The van der Waals surface area contributed by atoms with Crippen molar-refractivity contribution >= 4 is 10.9 Å². The summed E-state index contributed by atoms with van der Waals surface area (Å²) in [5, 5.41) is 1.12. The Hall–Kier alpha value is -1.65. The van der Waals surface area contributed by atoms with Crippen LogP contribution < -0.4 is 10.5 Å². The van der Waals surface area contributed by atoms with E-state index in [2.05, 4.69) is 23.1 Å². The van der Waals surface area contributed by atoms with Crippen molar-refractivity contribution in [3.63, 3.8) is 0 Å². The molecule has 106 valence electrons. The first-order valence-corrected chi connectivity index (χ1v) is 7.18. The van der Waals surface area contributed by atoms with Gasteiger partial charge in [-0.05, 0) is 31.5 Å². The van der Waals surface area contributed by atoms with Gasteiger partial charge in [-0.15, -0.1) is 0 Å². The van der Waals surface area contributed by atoms with Gasteiger partial charge in [0.05, 0.1) is 12.8 Å². The minimum atomic E-state index is 0.505. The quantitative estimate of drug-likeness (QED) is 0.926. The number of nitrogens with two attached hydrogens (primary N) is 1. The Kier molecular flexibility index (Phi) is 3.85. The maximum atomic E-state index is 5.83. The van der Waals surface area contributed by atoms with Crippen molar-refractivity contribution in [1.29, 1.82) is 0 Å². The summed E-state index contributed by atoms with van der Waals surface area (Å²) < 4.78 is 5.40. The molecule has 1 atom stereocenters. The predicted octanol–water partition coefficient (Wildman–Crippen LogP) is 2.17. The molecule has 20 heavy (non-hydrogen) atoms. The van der Waals surface area contributed by atoms with Crippen molar-refractivity contribution in [2.24, 2.45) is 5.73 Å². The zero-order chi connectivity index (χ0) is 13.9. The summed E-state index contributed by atoms with van der Waals surface area (Å²) >= 11 is 0. The zero-order valence-corrected chi connectivity index (χ0v) is 11.9. The number of hydrogen-bond donors (Lipinski definition) is 1. The Bertz CT molecular complexity index is 599. The van der Waals surface area contributed by atoms with Gasteiger partial charge < -0.3 is 10.5 Å². The smallest absolute Gasteiger partial charge is 0.145 e. The molecule has 0 radical (unpaired) electrons. The van der Waals surface area contributed by atoms with Gasteiger partial charge in [-0.3, -0.25) is 4.90 Å². The van der Waals surface area contributed by atoms with Gasteiger partial charge in [0.15, 0.2) is 0 Å². The highest BCUT2D eigenvalue weighted by Gasteiger charge is 2.23. The van der Waals surface area contributed by atoms with Crippen LogP contribution in [-0.4, -0.2) is 36.1 Å². The van der Waals surface area contributed by atoms with Gasteiger partial charge in [0.1, 0.15) is 11.3 Å². The van der Waals surface area contributed by atoms with E-state index in [1.54, 1.807) is 7.11 Å². The summed E-state index contributed by atoms with van der Waals surface area (Å²) in [6.07, 6.45) is 2.44. The van der Waals surface area contributed by atoms with E-state index >= 15 is 0 Å². The van der Waals surface area contributed by atoms with Crippen LogP contribution in [0.2, 0.25) is 0 Å². The van der Waals surface area contributed by atoms with Crippen LogP contribution in [-0.2, 0) is 6.54 Å². The molecule has 1 aromatic carbocycles. The van der Waals surface area contributed by atoms with Crippen LogP contribution in [0.3, 0.4) is 0 Å². The lowest BCUT2D eigenvalue weighted by molar-refractivity contribution is 0.247. The first-order chi connectivity index (χ1) is 9.81. The van der Waals surface area contributed by atoms with Gasteiger partial charge in [0, 0.05) is 24.5 Å². The molecule has 0 saturated carbocycles. The van der Waals surface area contributed by atoms with Gasteiger partial charge >= 0.3 is 0 Å². The zero-order valence-electron chi connectivity index (χ0n) is 11.9. The molecule has 1 unspecified atom stereocenters. The SMILES string of the molecule is COc1cccc2ccc(CN3CCCC3CN)nc12. The minimum Gasteiger partial charge on any atom is -0.494 e. The second-order valence-corrected chi connectivity index (χ2v) is 5.34. The second-order valence-electron chi connectivity index (χ2n) is 5.34. The average molecular weight is 271 g/mol. The molecule has 2 heterocycles. The first kappa shape index (κ1) is 13.3. The van der Waals surface area contributed by atoms with Gasteiger partial charge in [-0.25, -0.2) is 4.98 Å². The Morgan fingerprint density at radius 1 is 1.35 bits per heavy atom. The monoisotopic (exact) mass is 271 g/mol. The number of hydrogen-bond acceptors (Lipinski definition) is 4. The number of aromatic nitrogens is 1. The number of rotatable bonds is 4. The summed E-state index contributed by atoms with van der Waals surface area (Å²) in [5.74, 6) is 0.834. The molecule has 0 bridgehead atoms. The van der Waals surface area contributed by atoms with Crippen LogP contribution >= 0.6 is 0 Å². The molecular formula is C16H21N3O. The standard InChI is InChI=1S/C16H21N3O/c1-20-15-6-2-4-12-7-8-13(18-16(12)15)11-19-9-3-5-14(19)10-17/h2,4,6-8,14H,3,5,9-11,17H2,1H3. The van der Waals surface area contributed by atoms with Crippen LogP contribution in [0, 0.1) is 0 Å². The van der Waals surface area contributed by atoms with Crippen molar-refractivity contribution < 1.29 is 4.74 Å². The molecule has 0 amide bonds. The maximum absolute atomic E-state index is 5.83. The topological polar surface area (TPSA) is 51.4 Å².